The largest absolute Gasteiger partial charge is 0.392 e. The van der Waals surface area contributed by atoms with Gasteiger partial charge in [0.2, 0.25) is 0 Å². The molecular weight excluding hydrogens is 198 g/mol. The van der Waals surface area contributed by atoms with Crippen LogP contribution >= 0.6 is 0 Å². The molecule has 1 rings (SSSR count). The lowest BCUT2D eigenvalue weighted by Gasteiger charge is -2.18. The van der Waals surface area contributed by atoms with Gasteiger partial charge in [-0.1, -0.05) is 44.2 Å². The maximum Gasteiger partial charge on any atom is 0.0667 e. The molecular formula is C14H23NO. The normalized spacial score (nSPS) is 15.1. The second kappa shape index (κ2) is 6.66. The van der Waals surface area contributed by atoms with Crippen molar-refractivity contribution in [2.24, 2.45) is 5.92 Å². The fourth-order valence-corrected chi connectivity index (χ4v) is 1.80. The molecule has 2 heteroatoms. The van der Waals surface area contributed by atoms with Crippen LogP contribution in [0, 0.1) is 5.92 Å². The number of rotatable bonds is 6. The molecule has 0 spiro atoms. The van der Waals surface area contributed by atoms with E-state index in [0.717, 1.165) is 6.42 Å². The summed E-state index contributed by atoms with van der Waals surface area (Å²) in [5.41, 5.74) is 1.26. The summed E-state index contributed by atoms with van der Waals surface area (Å²) < 4.78 is 0. The molecule has 2 unspecified atom stereocenters. The molecule has 0 amide bonds. The van der Waals surface area contributed by atoms with Crippen LogP contribution in [0.4, 0.5) is 0 Å². The van der Waals surface area contributed by atoms with Gasteiger partial charge in [0, 0.05) is 12.6 Å². The Balaban J connectivity index is 2.33. The van der Waals surface area contributed by atoms with Crippen LogP contribution in [0.5, 0.6) is 0 Å². The minimum Gasteiger partial charge on any atom is -0.392 e. The Morgan fingerprint density at radius 1 is 1.12 bits per heavy atom. The zero-order chi connectivity index (χ0) is 12.0. The van der Waals surface area contributed by atoms with Gasteiger partial charge in [-0.3, -0.25) is 0 Å². The molecule has 0 fully saturated rings. The lowest BCUT2D eigenvalue weighted by molar-refractivity contribution is 0.143. The Hall–Kier alpha value is -0.860. The van der Waals surface area contributed by atoms with Crippen molar-refractivity contribution in [1.82, 2.24) is 5.32 Å². The van der Waals surface area contributed by atoms with Crippen LogP contribution in [0.25, 0.3) is 0 Å². The van der Waals surface area contributed by atoms with E-state index in [0.29, 0.717) is 18.5 Å². The van der Waals surface area contributed by atoms with Gasteiger partial charge < -0.3 is 10.4 Å². The molecule has 0 radical (unpaired) electrons. The number of aliphatic hydroxyl groups is 1. The smallest absolute Gasteiger partial charge is 0.0667 e. The zero-order valence-corrected chi connectivity index (χ0v) is 10.5. The van der Waals surface area contributed by atoms with Crippen molar-refractivity contribution in [3.05, 3.63) is 35.9 Å². The molecule has 0 aliphatic rings. The summed E-state index contributed by atoms with van der Waals surface area (Å²) in [5.74, 6) is 0.545. The number of aliphatic hydroxyl groups excluding tert-OH is 1. The summed E-state index contributed by atoms with van der Waals surface area (Å²) in [6.07, 6.45) is 0.611. The molecule has 0 heterocycles. The molecule has 16 heavy (non-hydrogen) atoms. The summed E-state index contributed by atoms with van der Waals surface area (Å²) in [6, 6.07) is 10.6. The third kappa shape index (κ3) is 4.77. The minimum atomic E-state index is -0.244. The first-order chi connectivity index (χ1) is 7.59. The average Bonchev–Trinajstić information content (AvgIpc) is 2.26. The summed E-state index contributed by atoms with van der Waals surface area (Å²) in [5, 5.41) is 13.1. The first-order valence-electron chi connectivity index (χ1n) is 6.06. The summed E-state index contributed by atoms with van der Waals surface area (Å²) >= 11 is 0. The molecule has 0 saturated heterocycles. The Labute approximate surface area is 98.7 Å². The van der Waals surface area contributed by atoms with E-state index in [2.05, 4.69) is 38.2 Å². The van der Waals surface area contributed by atoms with E-state index in [-0.39, 0.29) is 6.10 Å². The van der Waals surface area contributed by atoms with Crippen molar-refractivity contribution in [1.29, 1.82) is 0 Å². The Bertz CT molecular complexity index is 284. The summed E-state index contributed by atoms with van der Waals surface area (Å²) in [6.45, 7) is 7.04. The second-order valence-electron chi connectivity index (χ2n) is 4.82. The summed E-state index contributed by atoms with van der Waals surface area (Å²) in [4.78, 5) is 0. The molecule has 1 aromatic rings. The average molecular weight is 221 g/mol. The number of hydrogen-bond acceptors (Lipinski definition) is 2. The van der Waals surface area contributed by atoms with E-state index < -0.39 is 0 Å². The number of nitrogens with one attached hydrogen (secondary N) is 1. The van der Waals surface area contributed by atoms with Gasteiger partial charge in [-0.25, -0.2) is 0 Å². The predicted molar refractivity (Wildman–Crippen MR) is 68.3 cm³/mol. The van der Waals surface area contributed by atoms with Gasteiger partial charge in [0.25, 0.3) is 0 Å². The van der Waals surface area contributed by atoms with Crippen molar-refractivity contribution < 1.29 is 5.11 Å². The minimum absolute atomic E-state index is 0.244. The lowest BCUT2D eigenvalue weighted by atomic mass is 10.0. The lowest BCUT2D eigenvalue weighted by Crippen LogP contribution is -2.29. The van der Waals surface area contributed by atoms with Crippen molar-refractivity contribution in [2.45, 2.75) is 39.3 Å². The quantitative estimate of drug-likeness (QED) is 0.774. The van der Waals surface area contributed by atoms with E-state index >= 15 is 0 Å². The van der Waals surface area contributed by atoms with Crippen molar-refractivity contribution in [3.63, 3.8) is 0 Å². The predicted octanol–water partition coefficient (Wildman–Crippen LogP) is 2.74. The highest BCUT2D eigenvalue weighted by Gasteiger charge is 2.09. The van der Waals surface area contributed by atoms with E-state index in [4.69, 9.17) is 0 Å². The molecule has 90 valence electrons. The fourth-order valence-electron chi connectivity index (χ4n) is 1.80. The number of hydrogen-bond donors (Lipinski definition) is 2. The van der Waals surface area contributed by atoms with Crippen LogP contribution in [0.15, 0.2) is 30.3 Å². The Kier molecular flexibility index (Phi) is 5.50. The zero-order valence-electron chi connectivity index (χ0n) is 10.5. The van der Waals surface area contributed by atoms with Crippen LogP contribution in [0.1, 0.15) is 38.8 Å². The van der Waals surface area contributed by atoms with Gasteiger partial charge in [0.1, 0.15) is 0 Å². The molecule has 2 N–H and O–H groups in total. The van der Waals surface area contributed by atoms with Crippen LogP contribution in [0.2, 0.25) is 0 Å². The van der Waals surface area contributed by atoms with Crippen LogP contribution in [-0.4, -0.2) is 17.8 Å². The molecule has 1 aromatic carbocycles. The van der Waals surface area contributed by atoms with Gasteiger partial charge in [-0.05, 0) is 24.8 Å². The molecule has 0 bridgehead atoms. The van der Waals surface area contributed by atoms with Crippen LogP contribution in [0.3, 0.4) is 0 Å². The fraction of sp³-hybridized carbons (Fsp3) is 0.571. The van der Waals surface area contributed by atoms with E-state index in [1.54, 1.807) is 0 Å². The molecule has 0 aliphatic carbocycles. The third-order valence-corrected chi connectivity index (χ3v) is 2.70. The Morgan fingerprint density at radius 3 is 2.31 bits per heavy atom. The Morgan fingerprint density at radius 2 is 1.75 bits per heavy atom. The van der Waals surface area contributed by atoms with E-state index in [1.807, 2.05) is 18.2 Å². The van der Waals surface area contributed by atoms with Gasteiger partial charge in [-0.2, -0.15) is 0 Å². The second-order valence-corrected chi connectivity index (χ2v) is 4.82. The highest BCUT2D eigenvalue weighted by molar-refractivity contribution is 5.17. The van der Waals surface area contributed by atoms with Gasteiger partial charge >= 0.3 is 0 Å². The topological polar surface area (TPSA) is 32.3 Å². The van der Waals surface area contributed by atoms with Crippen LogP contribution < -0.4 is 5.32 Å². The standard InChI is InChI=1S/C14H23NO/c1-11(2)9-14(16)10-15-12(3)13-7-5-4-6-8-13/h4-8,11-12,14-16H,9-10H2,1-3H3. The summed E-state index contributed by atoms with van der Waals surface area (Å²) in [7, 11) is 0. The van der Waals surface area contributed by atoms with E-state index in [1.165, 1.54) is 5.56 Å². The SMILES string of the molecule is CC(C)CC(O)CNC(C)c1ccccc1. The highest BCUT2D eigenvalue weighted by Crippen LogP contribution is 2.11. The molecule has 0 aliphatic heterocycles. The maximum atomic E-state index is 9.75. The molecule has 2 atom stereocenters. The van der Waals surface area contributed by atoms with Crippen LogP contribution in [-0.2, 0) is 0 Å². The van der Waals surface area contributed by atoms with Crippen molar-refractivity contribution >= 4 is 0 Å². The highest BCUT2D eigenvalue weighted by atomic mass is 16.3. The monoisotopic (exact) mass is 221 g/mol. The number of benzene rings is 1. The maximum absolute atomic E-state index is 9.75. The first-order valence-corrected chi connectivity index (χ1v) is 6.06. The van der Waals surface area contributed by atoms with Crippen molar-refractivity contribution in [3.8, 4) is 0 Å². The third-order valence-electron chi connectivity index (χ3n) is 2.70. The van der Waals surface area contributed by atoms with Gasteiger partial charge in [-0.15, -0.1) is 0 Å². The molecule has 0 saturated carbocycles. The first kappa shape index (κ1) is 13.2. The molecule has 0 aromatic heterocycles. The van der Waals surface area contributed by atoms with Gasteiger partial charge in [0.05, 0.1) is 6.10 Å². The molecule has 2 nitrogen and oxygen atoms in total. The van der Waals surface area contributed by atoms with Gasteiger partial charge in [0.15, 0.2) is 0 Å². The van der Waals surface area contributed by atoms with Crippen molar-refractivity contribution in [2.75, 3.05) is 6.54 Å². The van der Waals surface area contributed by atoms with E-state index in [9.17, 15) is 5.11 Å².